The van der Waals surface area contributed by atoms with Crippen molar-refractivity contribution < 1.29 is 27.1 Å². The smallest absolute Gasteiger partial charge is 0.320 e. The summed E-state index contributed by atoms with van der Waals surface area (Å²) in [6.07, 6.45) is 1.05. The van der Waals surface area contributed by atoms with E-state index in [0.29, 0.717) is 0 Å². The molecule has 0 radical (unpaired) electrons. The minimum Gasteiger partial charge on any atom is -0.480 e. The van der Waals surface area contributed by atoms with Gasteiger partial charge in [0.1, 0.15) is 11.7 Å². The van der Waals surface area contributed by atoms with Gasteiger partial charge in [-0.3, -0.25) is 14.7 Å². The summed E-state index contributed by atoms with van der Waals surface area (Å²) in [6, 6.07) is 3.17. The molecule has 1 N–H and O–H groups in total. The molecule has 0 unspecified atom stereocenters. The van der Waals surface area contributed by atoms with E-state index in [0.717, 1.165) is 13.2 Å². The molecule has 1 fully saturated rings. The van der Waals surface area contributed by atoms with Gasteiger partial charge in [0, 0.05) is 26.3 Å². The number of aliphatic carboxylic acids is 1. The zero-order valence-electron chi connectivity index (χ0n) is 12.7. The van der Waals surface area contributed by atoms with Crippen LogP contribution in [-0.2, 0) is 27.1 Å². The Hall–Kier alpha value is -1.61. The predicted octanol–water partition coefficient (Wildman–Crippen LogP) is 1.27. The van der Waals surface area contributed by atoms with Crippen LogP contribution in [0, 0.1) is 0 Å². The Morgan fingerprint density at radius 3 is 2.65 bits per heavy atom. The van der Waals surface area contributed by atoms with Gasteiger partial charge in [0.05, 0.1) is 10.9 Å². The number of hydrogen-bond acceptors (Lipinski definition) is 5. The standard InChI is InChI=1S/C14H18F2N2O4S/c1-14(15,16)12-5-3-4-9(17-12)7-18-8-10(23(2,21)22)6-11(18)13(19)20/h3-5,10-11H,6-8H2,1-2H3,(H,19,20)/t10-,11+/m1/s1. The molecule has 128 valence electrons. The molecule has 0 amide bonds. The Bertz CT molecular complexity index is 703. The summed E-state index contributed by atoms with van der Waals surface area (Å²) in [6.45, 7) is 0.784. The fourth-order valence-corrected chi connectivity index (χ4v) is 3.62. The third-order valence-electron chi connectivity index (χ3n) is 3.88. The number of sulfone groups is 1. The van der Waals surface area contributed by atoms with Gasteiger partial charge in [-0.05, 0) is 18.6 Å². The van der Waals surface area contributed by atoms with Crippen molar-refractivity contribution in [3.8, 4) is 0 Å². The summed E-state index contributed by atoms with van der Waals surface area (Å²) >= 11 is 0. The Kier molecular flexibility index (Phi) is 4.72. The van der Waals surface area contributed by atoms with Crippen LogP contribution in [0.4, 0.5) is 8.78 Å². The summed E-state index contributed by atoms with van der Waals surface area (Å²) in [5.74, 6) is -4.23. The molecule has 2 rings (SSSR count). The van der Waals surface area contributed by atoms with Crippen LogP contribution in [0.15, 0.2) is 18.2 Å². The van der Waals surface area contributed by atoms with Crippen LogP contribution in [-0.4, -0.2) is 53.5 Å². The molecule has 1 aromatic heterocycles. The SMILES string of the molecule is CC(F)(F)c1cccc(CN2C[C@H](S(C)(=O)=O)C[C@H]2C(=O)O)n1. The molecule has 0 spiro atoms. The van der Waals surface area contributed by atoms with E-state index in [-0.39, 0.29) is 25.2 Å². The summed E-state index contributed by atoms with van der Waals surface area (Å²) in [5, 5.41) is 8.47. The van der Waals surface area contributed by atoms with E-state index in [1.165, 1.54) is 23.1 Å². The molecule has 1 aliphatic rings. The van der Waals surface area contributed by atoms with Crippen molar-refractivity contribution in [3.05, 3.63) is 29.6 Å². The van der Waals surface area contributed by atoms with Crippen LogP contribution in [0.1, 0.15) is 24.7 Å². The van der Waals surface area contributed by atoms with Crippen LogP contribution in [0.2, 0.25) is 0 Å². The molecule has 0 aliphatic carbocycles. The van der Waals surface area contributed by atoms with Gasteiger partial charge >= 0.3 is 5.97 Å². The number of carboxylic acid groups (broad SMARTS) is 1. The first-order valence-electron chi connectivity index (χ1n) is 6.98. The number of halogens is 2. The molecule has 0 bridgehead atoms. The first-order chi connectivity index (χ1) is 10.5. The van der Waals surface area contributed by atoms with Crippen molar-refractivity contribution in [3.63, 3.8) is 0 Å². The monoisotopic (exact) mass is 348 g/mol. The van der Waals surface area contributed by atoms with Gasteiger partial charge in [0.15, 0.2) is 9.84 Å². The number of carboxylic acids is 1. The zero-order chi connectivity index (χ0) is 17.4. The largest absolute Gasteiger partial charge is 0.480 e. The molecule has 6 nitrogen and oxygen atoms in total. The van der Waals surface area contributed by atoms with Crippen LogP contribution >= 0.6 is 0 Å². The number of hydrogen-bond donors (Lipinski definition) is 1. The molecule has 1 saturated heterocycles. The zero-order valence-corrected chi connectivity index (χ0v) is 13.6. The molecule has 0 aromatic carbocycles. The number of likely N-dealkylation sites (tertiary alicyclic amines) is 1. The third kappa shape index (κ3) is 4.23. The van der Waals surface area contributed by atoms with Crippen LogP contribution < -0.4 is 0 Å². The van der Waals surface area contributed by atoms with Crippen LogP contribution in [0.25, 0.3) is 0 Å². The minimum atomic E-state index is -3.37. The fourth-order valence-electron chi connectivity index (χ4n) is 2.62. The molecule has 9 heteroatoms. The van der Waals surface area contributed by atoms with Crippen molar-refractivity contribution in [2.45, 2.75) is 37.1 Å². The third-order valence-corrected chi connectivity index (χ3v) is 5.43. The average molecular weight is 348 g/mol. The molecule has 0 saturated carbocycles. The Morgan fingerprint density at radius 1 is 1.48 bits per heavy atom. The second-order valence-electron chi connectivity index (χ2n) is 5.87. The molecule has 23 heavy (non-hydrogen) atoms. The van der Waals surface area contributed by atoms with E-state index < -0.39 is 38.7 Å². The van der Waals surface area contributed by atoms with Crippen molar-refractivity contribution in [1.29, 1.82) is 0 Å². The van der Waals surface area contributed by atoms with Crippen LogP contribution in [0.5, 0.6) is 0 Å². The lowest BCUT2D eigenvalue weighted by atomic mass is 10.2. The highest BCUT2D eigenvalue weighted by Crippen LogP contribution is 2.27. The second-order valence-corrected chi connectivity index (χ2v) is 8.20. The molecular formula is C14H18F2N2O4S. The van der Waals surface area contributed by atoms with Gasteiger partial charge < -0.3 is 5.11 Å². The highest BCUT2D eigenvalue weighted by Gasteiger charge is 2.41. The lowest BCUT2D eigenvalue weighted by Gasteiger charge is -2.21. The number of alkyl halides is 2. The van der Waals surface area contributed by atoms with Crippen molar-refractivity contribution in [1.82, 2.24) is 9.88 Å². The predicted molar refractivity (Wildman–Crippen MR) is 78.9 cm³/mol. The Balaban J connectivity index is 2.22. The molecule has 2 atom stereocenters. The van der Waals surface area contributed by atoms with Gasteiger partial charge in [-0.15, -0.1) is 0 Å². The fraction of sp³-hybridized carbons (Fsp3) is 0.571. The number of carbonyl (C=O) groups is 1. The lowest BCUT2D eigenvalue weighted by Crippen LogP contribution is -2.35. The highest BCUT2D eigenvalue weighted by atomic mass is 32.2. The summed E-state index contributed by atoms with van der Waals surface area (Å²) < 4.78 is 49.9. The minimum absolute atomic E-state index is 0.00685. The van der Waals surface area contributed by atoms with E-state index in [9.17, 15) is 27.1 Å². The van der Waals surface area contributed by atoms with E-state index in [2.05, 4.69) is 4.98 Å². The number of nitrogens with zero attached hydrogens (tertiary/aromatic N) is 2. The Morgan fingerprint density at radius 2 is 2.13 bits per heavy atom. The van der Waals surface area contributed by atoms with Crippen molar-refractivity contribution in [2.24, 2.45) is 0 Å². The summed E-state index contributed by atoms with van der Waals surface area (Å²) in [7, 11) is -3.37. The van der Waals surface area contributed by atoms with E-state index >= 15 is 0 Å². The average Bonchev–Trinajstić information content (AvgIpc) is 2.82. The maximum atomic E-state index is 13.3. The molecular weight excluding hydrogens is 330 g/mol. The van der Waals surface area contributed by atoms with Crippen LogP contribution in [0.3, 0.4) is 0 Å². The molecule has 1 aromatic rings. The maximum Gasteiger partial charge on any atom is 0.320 e. The molecule has 2 heterocycles. The summed E-state index contributed by atoms with van der Waals surface area (Å²) in [5.41, 5.74) is -0.120. The lowest BCUT2D eigenvalue weighted by molar-refractivity contribution is -0.142. The Labute approximate surface area is 133 Å². The van der Waals surface area contributed by atoms with Crippen molar-refractivity contribution in [2.75, 3.05) is 12.8 Å². The number of rotatable bonds is 5. The second kappa shape index (κ2) is 6.12. The maximum absolute atomic E-state index is 13.3. The van der Waals surface area contributed by atoms with Gasteiger partial charge in [-0.1, -0.05) is 6.07 Å². The number of pyridine rings is 1. The van der Waals surface area contributed by atoms with E-state index in [1.54, 1.807) is 0 Å². The number of aromatic nitrogens is 1. The van der Waals surface area contributed by atoms with Gasteiger partial charge in [0.25, 0.3) is 5.92 Å². The van der Waals surface area contributed by atoms with Crippen molar-refractivity contribution >= 4 is 15.8 Å². The highest BCUT2D eigenvalue weighted by molar-refractivity contribution is 7.91. The topological polar surface area (TPSA) is 87.6 Å². The van der Waals surface area contributed by atoms with E-state index in [4.69, 9.17) is 0 Å². The molecule has 1 aliphatic heterocycles. The summed E-state index contributed by atoms with van der Waals surface area (Å²) in [4.78, 5) is 16.6. The van der Waals surface area contributed by atoms with Gasteiger partial charge in [-0.2, -0.15) is 8.78 Å². The first kappa shape index (κ1) is 17.7. The van der Waals surface area contributed by atoms with E-state index in [1.807, 2.05) is 0 Å². The van der Waals surface area contributed by atoms with Gasteiger partial charge in [-0.25, -0.2) is 8.42 Å². The van der Waals surface area contributed by atoms with Gasteiger partial charge in [0.2, 0.25) is 0 Å². The first-order valence-corrected chi connectivity index (χ1v) is 8.94. The normalized spacial score (nSPS) is 23.1. The quantitative estimate of drug-likeness (QED) is 0.862.